The Labute approximate surface area is 277 Å². The summed E-state index contributed by atoms with van der Waals surface area (Å²) in [5, 5.41) is 32.7. The highest BCUT2D eigenvalue weighted by Gasteiger charge is 2.49. The van der Waals surface area contributed by atoms with Crippen molar-refractivity contribution in [3.05, 3.63) is 27.3 Å². The van der Waals surface area contributed by atoms with Crippen molar-refractivity contribution in [1.82, 2.24) is 29.8 Å². The largest absolute Gasteiger partial charge is 0.474 e. The summed E-state index contributed by atoms with van der Waals surface area (Å²) in [6, 6.07) is 2.95. The van der Waals surface area contributed by atoms with E-state index < -0.39 is 11.0 Å². The highest BCUT2D eigenvalue weighted by Crippen LogP contribution is 2.55. The van der Waals surface area contributed by atoms with Gasteiger partial charge in [0.15, 0.2) is 22.9 Å². The van der Waals surface area contributed by atoms with Gasteiger partial charge >= 0.3 is 0 Å². The lowest BCUT2D eigenvalue weighted by molar-refractivity contribution is 0.0321. The Morgan fingerprint density at radius 1 is 1.11 bits per heavy atom. The number of nitrogen functional groups attached to an aromatic ring is 1. The maximum Gasteiger partial charge on any atom is 0.246 e. The molecule has 2 fully saturated rings. The number of aliphatic hydroxyl groups is 1. The summed E-state index contributed by atoms with van der Waals surface area (Å²) in [4.78, 5) is 16.2. The number of ether oxygens (including phenoxy) is 1. The first-order chi connectivity index (χ1) is 22.7. The highest BCUT2D eigenvalue weighted by atomic mass is 32.1. The predicted octanol–water partition coefficient (Wildman–Crippen LogP) is 4.72. The van der Waals surface area contributed by atoms with E-state index in [9.17, 15) is 10.4 Å². The van der Waals surface area contributed by atoms with E-state index in [1.165, 1.54) is 4.88 Å². The number of hydrogen-bond donors (Lipinski definition) is 2. The summed E-state index contributed by atoms with van der Waals surface area (Å²) in [5.41, 5.74) is 9.18. The maximum absolute atomic E-state index is 11.2. The Morgan fingerprint density at radius 3 is 2.74 bits per heavy atom. The second-order valence-electron chi connectivity index (χ2n) is 14.9. The molecule has 2 aliphatic heterocycles. The first-order valence-corrected chi connectivity index (χ1v) is 17.9. The van der Waals surface area contributed by atoms with Crippen molar-refractivity contribution in [2.75, 3.05) is 37.9 Å². The van der Waals surface area contributed by atoms with E-state index in [2.05, 4.69) is 34.6 Å². The van der Waals surface area contributed by atoms with Crippen LogP contribution >= 0.6 is 11.3 Å². The topological polar surface area (TPSA) is 155 Å². The minimum Gasteiger partial charge on any atom is -0.474 e. The zero-order valence-corrected chi connectivity index (χ0v) is 28.1. The number of nitriles is 1. The van der Waals surface area contributed by atoms with Crippen LogP contribution in [-0.4, -0.2) is 79.8 Å². The number of piperidine rings is 1. The van der Waals surface area contributed by atoms with Gasteiger partial charge in [-0.2, -0.15) is 5.26 Å². The molecule has 12 nitrogen and oxygen atoms in total. The van der Waals surface area contributed by atoms with E-state index in [-0.39, 0.29) is 12.1 Å². The number of hydrogen-bond acceptors (Lipinski definition) is 12. The molecule has 1 saturated carbocycles. The first kappa shape index (κ1) is 29.4. The van der Waals surface area contributed by atoms with Crippen LogP contribution in [0.3, 0.4) is 0 Å². The Bertz CT molecular complexity index is 1950. The lowest BCUT2D eigenvalue weighted by Crippen LogP contribution is -2.53. The molecule has 246 valence electrons. The highest BCUT2D eigenvalue weighted by molar-refractivity contribution is 7.16. The minimum absolute atomic E-state index is 0.0634. The SMILES string of the molecule is CN(C)C1CCCC1n1nc2c3c(nc(-c4noc5c4CCCC54CCCc5sc(N)c(C#N)c54)nc31)N1CC(C)(O)CCC1CO2. The summed E-state index contributed by atoms with van der Waals surface area (Å²) in [6.07, 6.45) is 10.2. The standard InChI is InChI=1S/C34H41N9O3S/c1-33(44)14-11-18-16-45-32-24-30(42(18)17-33)37-29(38-31(24)43(39-32)22-9-4-8-21(22)41(2)3)26-19-7-5-12-34(27(19)46-40-26)13-6-10-23-25(34)20(15-35)28(36)47-23/h18,21-22,44H,4-14,16-17,36H2,1-3H3. The molecular formula is C34H41N9O3S. The molecule has 5 aliphatic rings. The Kier molecular flexibility index (Phi) is 6.50. The molecule has 1 saturated heterocycles. The van der Waals surface area contributed by atoms with Crippen LogP contribution in [0.4, 0.5) is 10.8 Å². The Balaban J connectivity index is 1.25. The number of aryl methyl sites for hydroxylation is 1. The van der Waals surface area contributed by atoms with Crippen LogP contribution in [0, 0.1) is 11.3 Å². The number of thiophene rings is 1. The number of fused-ring (bicyclic) bond motifs is 6. The zero-order chi connectivity index (χ0) is 32.2. The van der Waals surface area contributed by atoms with Gasteiger partial charge in [-0.15, -0.1) is 16.4 Å². The molecule has 9 rings (SSSR count). The summed E-state index contributed by atoms with van der Waals surface area (Å²) in [6.45, 7) is 2.82. The molecule has 1 spiro atoms. The van der Waals surface area contributed by atoms with Crippen molar-refractivity contribution in [2.45, 2.75) is 107 Å². The van der Waals surface area contributed by atoms with Gasteiger partial charge < -0.3 is 29.9 Å². The predicted molar refractivity (Wildman–Crippen MR) is 178 cm³/mol. The lowest BCUT2D eigenvalue weighted by atomic mass is 9.63. The molecule has 3 aliphatic carbocycles. The fraction of sp³-hybridized carbons (Fsp3) is 0.618. The molecule has 0 bridgehead atoms. The third-order valence-corrected chi connectivity index (χ3v) is 12.7. The fourth-order valence-corrected chi connectivity index (χ4v) is 10.6. The van der Waals surface area contributed by atoms with Crippen LogP contribution < -0.4 is 15.4 Å². The molecule has 0 amide bonds. The first-order valence-electron chi connectivity index (χ1n) is 17.1. The quantitative estimate of drug-likeness (QED) is 0.315. The van der Waals surface area contributed by atoms with E-state index >= 15 is 0 Å². The van der Waals surface area contributed by atoms with Crippen LogP contribution in [0.1, 0.15) is 98.1 Å². The van der Waals surface area contributed by atoms with Crippen molar-refractivity contribution in [2.24, 2.45) is 0 Å². The van der Waals surface area contributed by atoms with Crippen molar-refractivity contribution >= 4 is 33.2 Å². The summed E-state index contributed by atoms with van der Waals surface area (Å²) in [7, 11) is 4.27. The second-order valence-corrected chi connectivity index (χ2v) is 16.0. The molecule has 0 radical (unpaired) electrons. The summed E-state index contributed by atoms with van der Waals surface area (Å²) < 4.78 is 14.9. The number of anilines is 2. The smallest absolute Gasteiger partial charge is 0.246 e. The maximum atomic E-state index is 11.2. The van der Waals surface area contributed by atoms with Crippen molar-refractivity contribution < 1.29 is 14.4 Å². The number of nitrogens with zero attached hydrogens (tertiary/aromatic N) is 8. The molecule has 5 atom stereocenters. The van der Waals surface area contributed by atoms with Crippen molar-refractivity contribution in [3.63, 3.8) is 0 Å². The van der Waals surface area contributed by atoms with Gasteiger partial charge in [-0.1, -0.05) is 5.16 Å². The minimum atomic E-state index is -0.852. The van der Waals surface area contributed by atoms with Crippen LogP contribution in [0.15, 0.2) is 4.52 Å². The van der Waals surface area contributed by atoms with Gasteiger partial charge in [0, 0.05) is 23.0 Å². The van der Waals surface area contributed by atoms with Gasteiger partial charge in [0.25, 0.3) is 0 Å². The monoisotopic (exact) mass is 655 g/mol. The van der Waals surface area contributed by atoms with Gasteiger partial charge in [-0.05, 0) is 97.2 Å². The second kappa shape index (κ2) is 10.4. The Hall–Kier alpha value is -3.73. The molecule has 6 heterocycles. The molecule has 5 unspecified atom stereocenters. The molecule has 0 aromatic carbocycles. The fourth-order valence-electron chi connectivity index (χ4n) is 9.47. The molecular weight excluding hydrogens is 615 g/mol. The van der Waals surface area contributed by atoms with Crippen LogP contribution in [-0.2, 0) is 18.3 Å². The van der Waals surface area contributed by atoms with E-state index in [4.69, 9.17) is 35.2 Å². The van der Waals surface area contributed by atoms with Gasteiger partial charge in [-0.3, -0.25) is 0 Å². The van der Waals surface area contributed by atoms with E-state index in [1.54, 1.807) is 11.3 Å². The van der Waals surface area contributed by atoms with Crippen LogP contribution in [0.25, 0.3) is 22.6 Å². The van der Waals surface area contributed by atoms with E-state index in [0.29, 0.717) is 53.6 Å². The molecule has 4 aromatic rings. The van der Waals surface area contributed by atoms with E-state index in [0.717, 1.165) is 97.9 Å². The third-order valence-electron chi connectivity index (χ3n) is 11.6. The summed E-state index contributed by atoms with van der Waals surface area (Å²) in [5.74, 6) is 2.65. The third kappa shape index (κ3) is 4.23. The van der Waals surface area contributed by atoms with E-state index in [1.807, 2.05) is 6.92 Å². The van der Waals surface area contributed by atoms with Gasteiger partial charge in [0.2, 0.25) is 5.88 Å². The molecule has 13 heteroatoms. The lowest BCUT2D eigenvalue weighted by Gasteiger charge is -2.42. The number of rotatable bonds is 3. The average molecular weight is 656 g/mol. The molecule has 3 N–H and O–H groups in total. The Morgan fingerprint density at radius 2 is 1.94 bits per heavy atom. The zero-order valence-electron chi connectivity index (χ0n) is 27.3. The molecule has 47 heavy (non-hydrogen) atoms. The van der Waals surface area contributed by atoms with Crippen LogP contribution in [0.5, 0.6) is 5.88 Å². The van der Waals surface area contributed by atoms with Crippen molar-refractivity contribution in [3.8, 4) is 23.5 Å². The number of aromatic nitrogens is 5. The van der Waals surface area contributed by atoms with Gasteiger partial charge in [-0.25, -0.2) is 14.6 Å². The average Bonchev–Trinajstić information content (AvgIpc) is 3.82. The van der Waals surface area contributed by atoms with Crippen LogP contribution in [0.2, 0.25) is 0 Å². The molecule has 4 aromatic heterocycles. The summed E-state index contributed by atoms with van der Waals surface area (Å²) >= 11 is 1.55. The normalized spacial score (nSPS) is 29.8. The number of likely N-dealkylation sites (N-methyl/N-ethyl adjacent to an activating group) is 1. The van der Waals surface area contributed by atoms with Crippen molar-refractivity contribution in [1.29, 1.82) is 5.26 Å². The van der Waals surface area contributed by atoms with Gasteiger partial charge in [0.05, 0.1) is 28.7 Å². The number of nitrogens with two attached hydrogens (primary N) is 1. The van der Waals surface area contributed by atoms with Gasteiger partial charge in [0.1, 0.15) is 28.9 Å².